The summed E-state index contributed by atoms with van der Waals surface area (Å²) in [5.74, 6) is -1.94. The molecule has 1 heterocycles. The van der Waals surface area contributed by atoms with Gasteiger partial charge in [0.05, 0.1) is 11.6 Å². The molecule has 8 heteroatoms. The third-order valence-electron chi connectivity index (χ3n) is 3.13. The van der Waals surface area contributed by atoms with E-state index < -0.39 is 23.8 Å². The standard InChI is InChI=1S/C16H25N3O4S/c1-9(2)6-10(14(22)23)18-12(20)7-17-13(21)11-8-24-15(19-11)16(3,4)5/h8-10H,6-7H2,1-5H3,(H,17,21)(H,18,20)(H,22,23)/t10-/m0/s1. The number of carboxylic acids is 1. The van der Waals surface area contributed by atoms with E-state index in [1.165, 1.54) is 11.3 Å². The minimum atomic E-state index is -1.09. The molecule has 0 aliphatic rings. The van der Waals surface area contributed by atoms with Crippen LogP contribution in [0, 0.1) is 5.92 Å². The predicted molar refractivity (Wildman–Crippen MR) is 92.2 cm³/mol. The SMILES string of the molecule is CC(C)C[C@H](NC(=O)CNC(=O)c1csc(C(C)(C)C)n1)C(=O)O. The fourth-order valence-electron chi connectivity index (χ4n) is 1.91. The summed E-state index contributed by atoms with van der Waals surface area (Å²) in [7, 11) is 0. The zero-order valence-electron chi connectivity index (χ0n) is 14.7. The van der Waals surface area contributed by atoms with E-state index in [9.17, 15) is 14.4 Å². The molecule has 7 nitrogen and oxygen atoms in total. The molecule has 1 atom stereocenters. The molecule has 0 saturated carbocycles. The average Bonchev–Trinajstić information content (AvgIpc) is 2.93. The van der Waals surface area contributed by atoms with Crippen molar-refractivity contribution in [1.29, 1.82) is 0 Å². The summed E-state index contributed by atoms with van der Waals surface area (Å²) in [4.78, 5) is 39.2. The van der Waals surface area contributed by atoms with Crippen molar-refractivity contribution in [2.45, 2.75) is 52.5 Å². The highest BCUT2D eigenvalue weighted by Gasteiger charge is 2.23. The van der Waals surface area contributed by atoms with Gasteiger partial charge in [-0.2, -0.15) is 0 Å². The van der Waals surface area contributed by atoms with Crippen molar-refractivity contribution in [2.24, 2.45) is 5.92 Å². The normalized spacial score (nSPS) is 12.8. The smallest absolute Gasteiger partial charge is 0.326 e. The second-order valence-electron chi connectivity index (χ2n) is 7.06. The molecule has 3 N–H and O–H groups in total. The Bertz CT molecular complexity index is 605. The zero-order chi connectivity index (χ0) is 18.5. The first-order chi connectivity index (χ1) is 11.0. The Morgan fingerprint density at radius 3 is 2.38 bits per heavy atom. The quantitative estimate of drug-likeness (QED) is 0.691. The van der Waals surface area contributed by atoms with Crippen LogP contribution < -0.4 is 10.6 Å². The number of nitrogens with zero attached hydrogens (tertiary/aromatic N) is 1. The number of hydrogen-bond acceptors (Lipinski definition) is 5. The molecule has 134 valence electrons. The zero-order valence-corrected chi connectivity index (χ0v) is 15.5. The Morgan fingerprint density at radius 2 is 1.92 bits per heavy atom. The highest BCUT2D eigenvalue weighted by molar-refractivity contribution is 7.10. The number of carboxylic acid groups (broad SMARTS) is 1. The first-order valence-electron chi connectivity index (χ1n) is 7.77. The fraction of sp³-hybridized carbons (Fsp3) is 0.625. The number of amides is 2. The lowest BCUT2D eigenvalue weighted by Gasteiger charge is -2.16. The molecule has 2 amide bonds. The van der Waals surface area contributed by atoms with Crippen molar-refractivity contribution in [3.8, 4) is 0 Å². The average molecular weight is 355 g/mol. The number of hydrogen-bond donors (Lipinski definition) is 3. The molecule has 0 fully saturated rings. The molecular formula is C16H25N3O4S. The monoisotopic (exact) mass is 355 g/mol. The molecule has 0 unspecified atom stereocenters. The minimum Gasteiger partial charge on any atom is -0.480 e. The van der Waals surface area contributed by atoms with Gasteiger partial charge in [0.2, 0.25) is 5.91 Å². The van der Waals surface area contributed by atoms with E-state index in [0.717, 1.165) is 5.01 Å². The van der Waals surface area contributed by atoms with Crippen molar-refractivity contribution >= 4 is 29.1 Å². The second-order valence-corrected chi connectivity index (χ2v) is 7.92. The van der Waals surface area contributed by atoms with Gasteiger partial charge in [0.25, 0.3) is 5.91 Å². The summed E-state index contributed by atoms with van der Waals surface area (Å²) in [6.45, 7) is 9.46. The summed E-state index contributed by atoms with van der Waals surface area (Å²) >= 11 is 1.39. The lowest BCUT2D eigenvalue weighted by molar-refractivity contribution is -0.142. The predicted octanol–water partition coefficient (Wildman–Crippen LogP) is 1.79. The van der Waals surface area contributed by atoms with Crippen LogP contribution in [0.4, 0.5) is 0 Å². The highest BCUT2D eigenvalue weighted by atomic mass is 32.1. The fourth-order valence-corrected chi connectivity index (χ4v) is 2.80. The molecule has 24 heavy (non-hydrogen) atoms. The van der Waals surface area contributed by atoms with Crippen molar-refractivity contribution < 1.29 is 19.5 Å². The number of aromatic nitrogens is 1. The van der Waals surface area contributed by atoms with Gasteiger partial charge in [-0.15, -0.1) is 11.3 Å². The van der Waals surface area contributed by atoms with Gasteiger partial charge in [-0.1, -0.05) is 34.6 Å². The third-order valence-corrected chi connectivity index (χ3v) is 4.40. The van der Waals surface area contributed by atoms with E-state index in [4.69, 9.17) is 5.11 Å². The number of thiazole rings is 1. The summed E-state index contributed by atoms with van der Waals surface area (Å²) in [5.41, 5.74) is 0.112. The van der Waals surface area contributed by atoms with Crippen LogP contribution in [0.15, 0.2) is 5.38 Å². The Balaban J connectivity index is 2.55. The van der Waals surface area contributed by atoms with E-state index >= 15 is 0 Å². The first-order valence-corrected chi connectivity index (χ1v) is 8.65. The molecule has 0 radical (unpaired) electrons. The van der Waals surface area contributed by atoms with Gasteiger partial charge in [-0.25, -0.2) is 9.78 Å². The molecule has 0 aromatic carbocycles. The molecule has 1 aromatic rings. The van der Waals surface area contributed by atoms with Gasteiger partial charge in [0, 0.05) is 10.8 Å². The maximum absolute atomic E-state index is 12.0. The molecule has 0 saturated heterocycles. The molecule has 0 spiro atoms. The topological polar surface area (TPSA) is 108 Å². The Labute approximate surface area is 145 Å². The molecule has 1 rings (SSSR count). The van der Waals surface area contributed by atoms with E-state index in [1.807, 2.05) is 34.6 Å². The van der Waals surface area contributed by atoms with Crippen molar-refractivity contribution in [1.82, 2.24) is 15.6 Å². The van der Waals surface area contributed by atoms with Crippen molar-refractivity contribution in [3.63, 3.8) is 0 Å². The summed E-state index contributed by atoms with van der Waals surface area (Å²) in [5, 5.41) is 16.4. The van der Waals surface area contributed by atoms with Crippen LogP contribution in [0.25, 0.3) is 0 Å². The summed E-state index contributed by atoms with van der Waals surface area (Å²) < 4.78 is 0. The van der Waals surface area contributed by atoms with Crippen LogP contribution in [0.3, 0.4) is 0 Å². The van der Waals surface area contributed by atoms with Gasteiger partial charge in [-0.05, 0) is 12.3 Å². The van der Waals surface area contributed by atoms with E-state index in [0.29, 0.717) is 6.42 Å². The summed E-state index contributed by atoms with van der Waals surface area (Å²) in [6.07, 6.45) is 0.329. The number of nitrogens with one attached hydrogen (secondary N) is 2. The third kappa shape index (κ3) is 6.27. The van der Waals surface area contributed by atoms with Crippen molar-refractivity contribution in [2.75, 3.05) is 6.54 Å². The van der Waals surface area contributed by atoms with E-state index in [2.05, 4.69) is 15.6 Å². The number of aliphatic carboxylic acids is 1. The van der Waals surface area contributed by atoms with Crippen LogP contribution in [0.5, 0.6) is 0 Å². The Morgan fingerprint density at radius 1 is 1.29 bits per heavy atom. The minimum absolute atomic E-state index is 0.131. The van der Waals surface area contributed by atoms with Gasteiger partial charge in [0.1, 0.15) is 11.7 Å². The van der Waals surface area contributed by atoms with Gasteiger partial charge >= 0.3 is 5.97 Å². The lowest BCUT2D eigenvalue weighted by atomic mass is 9.98. The van der Waals surface area contributed by atoms with Gasteiger partial charge < -0.3 is 15.7 Å². The van der Waals surface area contributed by atoms with E-state index in [-0.39, 0.29) is 23.6 Å². The van der Waals surface area contributed by atoms with Crippen molar-refractivity contribution in [3.05, 3.63) is 16.1 Å². The Hall–Kier alpha value is -1.96. The second kappa shape index (κ2) is 8.23. The number of carbonyl (C=O) groups is 3. The Kier molecular flexibility index (Phi) is 6.89. The molecule has 0 aliphatic carbocycles. The lowest BCUT2D eigenvalue weighted by Crippen LogP contribution is -2.46. The van der Waals surface area contributed by atoms with Gasteiger partial charge in [-0.3, -0.25) is 9.59 Å². The summed E-state index contributed by atoms with van der Waals surface area (Å²) in [6, 6.07) is -0.957. The molecule has 0 bridgehead atoms. The van der Waals surface area contributed by atoms with Crippen LogP contribution in [0.1, 0.15) is 56.5 Å². The maximum Gasteiger partial charge on any atom is 0.326 e. The molecule has 0 aliphatic heterocycles. The number of carbonyl (C=O) groups excluding carboxylic acids is 2. The van der Waals surface area contributed by atoms with E-state index in [1.54, 1.807) is 5.38 Å². The first kappa shape index (κ1) is 20.1. The van der Waals surface area contributed by atoms with Crippen LogP contribution in [0.2, 0.25) is 0 Å². The molecular weight excluding hydrogens is 330 g/mol. The molecule has 1 aromatic heterocycles. The maximum atomic E-state index is 12.0. The van der Waals surface area contributed by atoms with Crippen LogP contribution >= 0.6 is 11.3 Å². The van der Waals surface area contributed by atoms with Crippen LogP contribution in [-0.2, 0) is 15.0 Å². The number of rotatable bonds is 7. The highest BCUT2D eigenvalue weighted by Crippen LogP contribution is 2.25. The van der Waals surface area contributed by atoms with Crippen LogP contribution in [-0.4, -0.2) is 40.5 Å². The van der Waals surface area contributed by atoms with Gasteiger partial charge in [0.15, 0.2) is 0 Å². The largest absolute Gasteiger partial charge is 0.480 e.